The molecule has 2 aromatic rings. The number of hydrogen-bond donors (Lipinski definition) is 1. The van der Waals surface area contributed by atoms with Gasteiger partial charge in [0, 0.05) is 5.56 Å². The lowest BCUT2D eigenvalue weighted by molar-refractivity contribution is 0.103. The zero-order chi connectivity index (χ0) is 14.2. The lowest BCUT2D eigenvalue weighted by Crippen LogP contribution is -2.07. The van der Waals surface area contributed by atoms with Crippen LogP contribution in [0.1, 0.15) is 38.2 Å². The van der Waals surface area contributed by atoms with Crippen LogP contribution in [0, 0.1) is 27.7 Å². The molecule has 98 valence electrons. The van der Waals surface area contributed by atoms with E-state index in [9.17, 15) is 9.90 Å². The predicted octanol–water partition coefficient (Wildman–Crippen LogP) is 3.86. The minimum Gasteiger partial charge on any atom is -0.507 e. The molecule has 0 aliphatic heterocycles. The van der Waals surface area contributed by atoms with E-state index in [2.05, 4.69) is 0 Å². The maximum Gasteiger partial charge on any atom is 0.197 e. The molecule has 2 rings (SSSR count). The average molecular weight is 254 g/mol. The van der Waals surface area contributed by atoms with E-state index >= 15 is 0 Å². The molecule has 0 heterocycles. The van der Waals surface area contributed by atoms with Crippen molar-refractivity contribution in [3.8, 4) is 5.75 Å². The summed E-state index contributed by atoms with van der Waals surface area (Å²) >= 11 is 0. The molecule has 0 aromatic heterocycles. The van der Waals surface area contributed by atoms with E-state index in [0.29, 0.717) is 11.1 Å². The lowest BCUT2D eigenvalue weighted by Gasteiger charge is -2.11. The van der Waals surface area contributed by atoms with Crippen molar-refractivity contribution in [2.45, 2.75) is 27.7 Å². The second kappa shape index (κ2) is 4.88. The van der Waals surface area contributed by atoms with E-state index in [1.54, 1.807) is 18.2 Å². The molecule has 0 unspecified atom stereocenters. The number of benzene rings is 2. The fourth-order valence-corrected chi connectivity index (χ4v) is 2.50. The van der Waals surface area contributed by atoms with Crippen molar-refractivity contribution in [1.29, 1.82) is 0 Å². The van der Waals surface area contributed by atoms with Crippen LogP contribution in [0.4, 0.5) is 0 Å². The van der Waals surface area contributed by atoms with Gasteiger partial charge in [0.05, 0.1) is 5.56 Å². The van der Waals surface area contributed by atoms with Gasteiger partial charge in [0.25, 0.3) is 0 Å². The van der Waals surface area contributed by atoms with Crippen LogP contribution in [0.25, 0.3) is 0 Å². The first kappa shape index (κ1) is 13.3. The Kier molecular flexibility index (Phi) is 3.43. The number of carbonyl (C=O) groups is 1. The highest BCUT2D eigenvalue weighted by molar-refractivity contribution is 6.12. The third-order valence-electron chi connectivity index (χ3n) is 3.30. The van der Waals surface area contributed by atoms with Crippen LogP contribution in [-0.2, 0) is 0 Å². The van der Waals surface area contributed by atoms with Gasteiger partial charge in [-0.1, -0.05) is 29.3 Å². The molecule has 0 atom stereocenters. The minimum absolute atomic E-state index is 0.0370. The molecule has 0 bridgehead atoms. The van der Waals surface area contributed by atoms with Crippen molar-refractivity contribution >= 4 is 5.78 Å². The van der Waals surface area contributed by atoms with Gasteiger partial charge in [-0.3, -0.25) is 4.79 Å². The predicted molar refractivity (Wildman–Crippen MR) is 76.9 cm³/mol. The molecular formula is C17H18O2. The third-order valence-corrected chi connectivity index (χ3v) is 3.30. The molecule has 2 aromatic carbocycles. The smallest absolute Gasteiger partial charge is 0.197 e. The summed E-state index contributed by atoms with van der Waals surface area (Å²) in [7, 11) is 0. The summed E-state index contributed by atoms with van der Waals surface area (Å²) in [5.41, 5.74) is 5.05. The summed E-state index contributed by atoms with van der Waals surface area (Å²) in [5.74, 6) is -0.0776. The quantitative estimate of drug-likeness (QED) is 0.826. The lowest BCUT2D eigenvalue weighted by atomic mass is 9.92. The Hall–Kier alpha value is -2.09. The largest absolute Gasteiger partial charge is 0.507 e. The molecule has 0 fully saturated rings. The van der Waals surface area contributed by atoms with Gasteiger partial charge in [-0.2, -0.15) is 0 Å². The normalized spacial score (nSPS) is 10.5. The topological polar surface area (TPSA) is 37.3 Å². The van der Waals surface area contributed by atoms with Gasteiger partial charge in [0.2, 0.25) is 0 Å². The monoisotopic (exact) mass is 254 g/mol. The molecule has 2 heteroatoms. The Bertz CT molecular complexity index is 631. The van der Waals surface area contributed by atoms with Crippen LogP contribution < -0.4 is 0 Å². The molecular weight excluding hydrogens is 236 g/mol. The molecule has 1 N–H and O–H groups in total. The molecule has 0 saturated carbocycles. The summed E-state index contributed by atoms with van der Waals surface area (Å²) in [6.07, 6.45) is 0. The first-order valence-corrected chi connectivity index (χ1v) is 6.32. The van der Waals surface area contributed by atoms with Crippen molar-refractivity contribution in [1.82, 2.24) is 0 Å². The van der Waals surface area contributed by atoms with Crippen molar-refractivity contribution in [2.24, 2.45) is 0 Å². The van der Waals surface area contributed by atoms with Crippen molar-refractivity contribution in [2.75, 3.05) is 0 Å². The van der Waals surface area contributed by atoms with Crippen LogP contribution in [0.2, 0.25) is 0 Å². The number of aryl methyl sites for hydroxylation is 4. The molecule has 0 aliphatic rings. The van der Waals surface area contributed by atoms with Gasteiger partial charge in [0.1, 0.15) is 5.75 Å². The number of phenols is 1. The van der Waals surface area contributed by atoms with Gasteiger partial charge >= 0.3 is 0 Å². The Morgan fingerprint density at radius 2 is 1.47 bits per heavy atom. The second-order valence-electron chi connectivity index (χ2n) is 5.12. The Labute approximate surface area is 113 Å². The zero-order valence-electron chi connectivity index (χ0n) is 11.7. The molecule has 0 aliphatic carbocycles. The third kappa shape index (κ3) is 2.53. The van der Waals surface area contributed by atoms with E-state index in [1.165, 1.54) is 0 Å². The highest BCUT2D eigenvalue weighted by Gasteiger charge is 2.18. The SMILES string of the molecule is Cc1cc(C)c(C(=O)c2cc(C)ccc2O)c(C)c1. The first-order valence-electron chi connectivity index (χ1n) is 6.32. The van der Waals surface area contributed by atoms with Gasteiger partial charge in [0.15, 0.2) is 5.78 Å². The van der Waals surface area contributed by atoms with Gasteiger partial charge in [-0.15, -0.1) is 0 Å². The van der Waals surface area contributed by atoms with Crippen LogP contribution in [0.3, 0.4) is 0 Å². The van der Waals surface area contributed by atoms with E-state index in [0.717, 1.165) is 22.3 Å². The summed E-state index contributed by atoms with van der Waals surface area (Å²) in [4.78, 5) is 12.6. The van der Waals surface area contributed by atoms with E-state index in [4.69, 9.17) is 0 Å². The van der Waals surface area contributed by atoms with Gasteiger partial charge in [-0.25, -0.2) is 0 Å². The van der Waals surface area contributed by atoms with E-state index in [1.807, 2.05) is 39.8 Å². The summed E-state index contributed by atoms with van der Waals surface area (Å²) in [6.45, 7) is 7.78. The van der Waals surface area contributed by atoms with Crippen LogP contribution in [0.5, 0.6) is 5.75 Å². The molecule has 0 radical (unpaired) electrons. The second-order valence-corrected chi connectivity index (χ2v) is 5.12. The molecule has 0 saturated heterocycles. The number of carbonyl (C=O) groups excluding carboxylic acids is 1. The maximum absolute atomic E-state index is 12.6. The molecule has 19 heavy (non-hydrogen) atoms. The maximum atomic E-state index is 12.6. The average Bonchev–Trinajstić information content (AvgIpc) is 2.30. The first-order chi connectivity index (χ1) is 8.90. The van der Waals surface area contributed by atoms with E-state index < -0.39 is 0 Å². The fourth-order valence-electron chi connectivity index (χ4n) is 2.50. The molecule has 2 nitrogen and oxygen atoms in total. The summed E-state index contributed by atoms with van der Waals surface area (Å²) < 4.78 is 0. The Balaban J connectivity index is 2.59. The number of ketones is 1. The number of phenolic OH excluding ortho intramolecular Hbond substituents is 1. The van der Waals surface area contributed by atoms with Crippen LogP contribution in [-0.4, -0.2) is 10.9 Å². The number of hydrogen-bond acceptors (Lipinski definition) is 2. The fraction of sp³-hybridized carbons (Fsp3) is 0.235. The molecule has 0 spiro atoms. The van der Waals surface area contributed by atoms with Crippen molar-refractivity contribution in [3.05, 3.63) is 63.7 Å². The van der Waals surface area contributed by atoms with Crippen molar-refractivity contribution < 1.29 is 9.90 Å². The minimum atomic E-state index is -0.115. The molecule has 0 amide bonds. The van der Waals surface area contributed by atoms with E-state index in [-0.39, 0.29) is 11.5 Å². The Morgan fingerprint density at radius 1 is 0.895 bits per heavy atom. The Morgan fingerprint density at radius 3 is 2.05 bits per heavy atom. The number of aromatic hydroxyl groups is 1. The van der Waals surface area contributed by atoms with Gasteiger partial charge in [-0.05, 0) is 51.0 Å². The van der Waals surface area contributed by atoms with Gasteiger partial charge < -0.3 is 5.11 Å². The number of rotatable bonds is 2. The standard InChI is InChI=1S/C17H18O2/c1-10-5-6-15(18)14(9-10)17(19)16-12(3)7-11(2)8-13(16)4/h5-9,18H,1-4H3. The van der Waals surface area contributed by atoms with Crippen LogP contribution in [0.15, 0.2) is 30.3 Å². The van der Waals surface area contributed by atoms with Crippen LogP contribution >= 0.6 is 0 Å². The summed E-state index contributed by atoms with van der Waals surface area (Å²) in [6, 6.07) is 9.08. The highest BCUT2D eigenvalue weighted by atomic mass is 16.3. The zero-order valence-corrected chi connectivity index (χ0v) is 11.7. The van der Waals surface area contributed by atoms with Crippen molar-refractivity contribution in [3.63, 3.8) is 0 Å². The highest BCUT2D eigenvalue weighted by Crippen LogP contribution is 2.25. The summed E-state index contributed by atoms with van der Waals surface area (Å²) in [5, 5.41) is 9.88.